The molecule has 3 rings (SSSR count). The van der Waals surface area contributed by atoms with Crippen LogP contribution in [0.5, 0.6) is 5.75 Å². The number of para-hydroxylation sites is 1. The average molecular weight is 393 g/mol. The fourth-order valence-electron chi connectivity index (χ4n) is 3.12. The van der Waals surface area contributed by atoms with Gasteiger partial charge in [0.05, 0.1) is 15.7 Å². The fourth-order valence-corrected chi connectivity index (χ4v) is 3.62. The maximum atomic E-state index is 12.5. The zero-order chi connectivity index (χ0) is 18.5. The molecule has 1 aliphatic carbocycles. The number of pyridine rings is 1. The van der Waals surface area contributed by atoms with Gasteiger partial charge in [-0.2, -0.15) is 0 Å². The fraction of sp³-hybridized carbons (Fsp3) is 0.400. The Balaban J connectivity index is 1.61. The summed E-state index contributed by atoms with van der Waals surface area (Å²) in [5, 5.41) is 3.98. The van der Waals surface area contributed by atoms with Crippen LogP contribution in [0.3, 0.4) is 0 Å². The molecule has 138 valence electrons. The van der Waals surface area contributed by atoms with E-state index in [4.69, 9.17) is 27.9 Å². The van der Waals surface area contributed by atoms with Crippen LogP contribution in [0.15, 0.2) is 36.4 Å². The summed E-state index contributed by atoms with van der Waals surface area (Å²) in [6.07, 6.45) is 4.37. The Hall–Kier alpha value is -1.78. The number of hydrogen-bond acceptors (Lipinski definition) is 3. The van der Waals surface area contributed by atoms with Crippen molar-refractivity contribution in [2.45, 2.75) is 45.3 Å². The topological polar surface area (TPSA) is 51.2 Å². The van der Waals surface area contributed by atoms with Crippen molar-refractivity contribution in [3.63, 3.8) is 0 Å². The molecule has 0 atom stereocenters. The summed E-state index contributed by atoms with van der Waals surface area (Å²) in [6.45, 7) is 2.44. The molecule has 2 aromatic rings. The van der Waals surface area contributed by atoms with Crippen molar-refractivity contribution in [3.8, 4) is 5.75 Å². The highest BCUT2D eigenvalue weighted by atomic mass is 35.5. The molecule has 1 saturated carbocycles. The number of carbonyl (C=O) groups excluding carboxylic acids is 1. The van der Waals surface area contributed by atoms with Crippen LogP contribution in [-0.2, 0) is 6.61 Å². The first kappa shape index (κ1) is 19.0. The van der Waals surface area contributed by atoms with Gasteiger partial charge in [-0.25, -0.2) is 4.98 Å². The molecule has 0 bridgehead atoms. The van der Waals surface area contributed by atoms with Crippen molar-refractivity contribution in [3.05, 3.63) is 57.8 Å². The van der Waals surface area contributed by atoms with Crippen molar-refractivity contribution >= 4 is 29.1 Å². The van der Waals surface area contributed by atoms with Crippen LogP contribution < -0.4 is 10.1 Å². The van der Waals surface area contributed by atoms with Crippen LogP contribution in [0.25, 0.3) is 0 Å². The number of nitrogens with zero attached hydrogens (tertiary/aromatic N) is 1. The highest BCUT2D eigenvalue weighted by molar-refractivity contribution is 6.37. The van der Waals surface area contributed by atoms with Crippen LogP contribution in [-0.4, -0.2) is 16.9 Å². The zero-order valence-electron chi connectivity index (χ0n) is 14.7. The zero-order valence-corrected chi connectivity index (χ0v) is 16.2. The summed E-state index contributed by atoms with van der Waals surface area (Å²) >= 11 is 12.2. The summed E-state index contributed by atoms with van der Waals surface area (Å²) in [4.78, 5) is 16.9. The third kappa shape index (κ3) is 4.89. The normalized spacial score (nSPS) is 19.8. The van der Waals surface area contributed by atoms with E-state index in [2.05, 4.69) is 17.2 Å². The van der Waals surface area contributed by atoms with E-state index < -0.39 is 0 Å². The molecule has 0 unspecified atom stereocenters. The minimum Gasteiger partial charge on any atom is -0.484 e. The number of rotatable bonds is 5. The monoisotopic (exact) mass is 392 g/mol. The summed E-state index contributed by atoms with van der Waals surface area (Å²) < 4.78 is 5.69. The van der Waals surface area contributed by atoms with Crippen LogP contribution in [0.1, 0.15) is 48.8 Å². The highest BCUT2D eigenvalue weighted by Crippen LogP contribution is 2.32. The van der Waals surface area contributed by atoms with Crippen molar-refractivity contribution < 1.29 is 9.53 Å². The summed E-state index contributed by atoms with van der Waals surface area (Å²) in [6, 6.07) is 10.7. The Morgan fingerprint density at radius 1 is 1.12 bits per heavy atom. The van der Waals surface area contributed by atoms with E-state index in [0.717, 1.165) is 31.6 Å². The average Bonchev–Trinajstić information content (AvgIpc) is 2.63. The lowest BCUT2D eigenvalue weighted by Gasteiger charge is -2.26. The summed E-state index contributed by atoms with van der Waals surface area (Å²) in [5.74, 6) is 1.03. The Morgan fingerprint density at radius 3 is 2.46 bits per heavy atom. The van der Waals surface area contributed by atoms with E-state index in [9.17, 15) is 4.79 Å². The molecule has 0 radical (unpaired) electrons. The van der Waals surface area contributed by atoms with Crippen LogP contribution in [0.2, 0.25) is 10.0 Å². The SMILES string of the molecule is CC1CCC(NC(=O)c2cccc(COc3c(Cl)cccc3Cl)n2)CC1. The first-order valence-corrected chi connectivity index (χ1v) is 9.62. The van der Waals surface area contributed by atoms with Gasteiger partial charge in [0, 0.05) is 6.04 Å². The molecule has 1 fully saturated rings. The van der Waals surface area contributed by atoms with Gasteiger partial charge in [0.2, 0.25) is 0 Å². The smallest absolute Gasteiger partial charge is 0.270 e. The number of hydrogen-bond donors (Lipinski definition) is 1. The van der Waals surface area contributed by atoms with E-state index in [-0.39, 0.29) is 18.6 Å². The van der Waals surface area contributed by atoms with Gasteiger partial charge in [-0.1, -0.05) is 42.3 Å². The first-order chi connectivity index (χ1) is 12.5. The summed E-state index contributed by atoms with van der Waals surface area (Å²) in [5.41, 5.74) is 1.04. The number of ether oxygens (including phenoxy) is 1. The number of halogens is 2. The summed E-state index contributed by atoms with van der Waals surface area (Å²) in [7, 11) is 0. The van der Waals surface area contributed by atoms with Crippen molar-refractivity contribution in [2.75, 3.05) is 0 Å². The van der Waals surface area contributed by atoms with Gasteiger partial charge >= 0.3 is 0 Å². The van der Waals surface area contributed by atoms with Gasteiger partial charge in [-0.15, -0.1) is 0 Å². The molecule has 26 heavy (non-hydrogen) atoms. The Labute approximate surface area is 163 Å². The molecule has 1 aliphatic rings. The lowest BCUT2D eigenvalue weighted by molar-refractivity contribution is 0.0917. The molecule has 1 N–H and O–H groups in total. The number of aromatic nitrogens is 1. The molecular weight excluding hydrogens is 371 g/mol. The Morgan fingerprint density at radius 2 is 1.77 bits per heavy atom. The third-order valence-electron chi connectivity index (χ3n) is 4.67. The van der Waals surface area contributed by atoms with E-state index in [1.807, 2.05) is 6.07 Å². The quantitative estimate of drug-likeness (QED) is 0.752. The predicted molar refractivity (Wildman–Crippen MR) is 104 cm³/mol. The number of amides is 1. The maximum absolute atomic E-state index is 12.5. The standard InChI is InChI=1S/C20H22Cl2N2O2/c1-13-8-10-14(11-9-13)24-20(25)18-7-2-4-15(23-18)12-26-19-16(21)5-3-6-17(19)22/h2-7,13-14H,8-12H2,1H3,(H,24,25). The second-order valence-electron chi connectivity index (χ2n) is 6.78. The van der Waals surface area contributed by atoms with Gasteiger partial charge in [-0.05, 0) is 55.9 Å². The van der Waals surface area contributed by atoms with Gasteiger partial charge in [0.25, 0.3) is 5.91 Å². The predicted octanol–water partition coefficient (Wildman–Crippen LogP) is 5.28. The number of carbonyl (C=O) groups is 1. The lowest BCUT2D eigenvalue weighted by Crippen LogP contribution is -2.37. The lowest BCUT2D eigenvalue weighted by atomic mass is 9.87. The molecule has 6 heteroatoms. The first-order valence-electron chi connectivity index (χ1n) is 8.86. The molecule has 1 amide bonds. The van der Waals surface area contributed by atoms with Gasteiger partial charge in [0.1, 0.15) is 12.3 Å². The number of benzene rings is 1. The second-order valence-corrected chi connectivity index (χ2v) is 7.60. The van der Waals surface area contributed by atoms with Crippen LogP contribution >= 0.6 is 23.2 Å². The van der Waals surface area contributed by atoms with Crippen molar-refractivity contribution in [1.82, 2.24) is 10.3 Å². The van der Waals surface area contributed by atoms with Crippen LogP contribution in [0.4, 0.5) is 0 Å². The maximum Gasteiger partial charge on any atom is 0.270 e. The molecule has 4 nitrogen and oxygen atoms in total. The van der Waals surface area contributed by atoms with Crippen LogP contribution in [0, 0.1) is 5.92 Å². The molecule has 1 aromatic carbocycles. The van der Waals surface area contributed by atoms with Gasteiger partial charge < -0.3 is 10.1 Å². The largest absolute Gasteiger partial charge is 0.484 e. The minimum atomic E-state index is -0.137. The Bertz CT molecular complexity index is 754. The molecule has 1 aromatic heterocycles. The molecule has 0 spiro atoms. The molecule has 0 aliphatic heterocycles. The van der Waals surface area contributed by atoms with Gasteiger partial charge in [0.15, 0.2) is 5.75 Å². The molecule has 1 heterocycles. The molecule has 0 saturated heterocycles. The van der Waals surface area contributed by atoms with E-state index in [1.165, 1.54) is 0 Å². The highest BCUT2D eigenvalue weighted by Gasteiger charge is 2.21. The second kappa shape index (κ2) is 8.74. The third-order valence-corrected chi connectivity index (χ3v) is 5.27. The van der Waals surface area contributed by atoms with E-state index in [0.29, 0.717) is 27.2 Å². The van der Waals surface area contributed by atoms with Gasteiger partial charge in [-0.3, -0.25) is 4.79 Å². The Kier molecular flexibility index (Phi) is 6.38. The minimum absolute atomic E-state index is 0.137. The van der Waals surface area contributed by atoms with Crippen molar-refractivity contribution in [2.24, 2.45) is 5.92 Å². The number of nitrogens with one attached hydrogen (secondary N) is 1. The van der Waals surface area contributed by atoms with E-state index >= 15 is 0 Å². The van der Waals surface area contributed by atoms with E-state index in [1.54, 1.807) is 30.3 Å². The van der Waals surface area contributed by atoms with Crippen molar-refractivity contribution in [1.29, 1.82) is 0 Å². The molecular formula is C20H22Cl2N2O2.